The lowest BCUT2D eigenvalue weighted by molar-refractivity contribution is 0.194. The molecule has 0 radical (unpaired) electrons. The maximum atomic E-state index is 13.2. The topological polar surface area (TPSA) is 12.5 Å². The molecule has 0 N–H and O–H groups in total. The molecule has 1 fully saturated rings. The molecule has 3 atom stereocenters. The van der Waals surface area contributed by atoms with E-state index < -0.39 is 6.17 Å². The van der Waals surface area contributed by atoms with Gasteiger partial charge in [-0.1, -0.05) is 27.7 Å². The van der Waals surface area contributed by atoms with Crippen LogP contribution in [0.4, 0.5) is 4.39 Å². The Kier molecular flexibility index (Phi) is 2.53. The summed E-state index contributed by atoms with van der Waals surface area (Å²) >= 11 is 0. The van der Waals surface area contributed by atoms with Gasteiger partial charge in [-0.2, -0.15) is 0 Å². The fourth-order valence-corrected chi connectivity index (χ4v) is 1.31. The quantitative estimate of drug-likeness (QED) is 0.577. The maximum absolute atomic E-state index is 13.2. The van der Waals surface area contributed by atoms with Gasteiger partial charge in [0.2, 0.25) is 0 Å². The van der Waals surface area contributed by atoms with Gasteiger partial charge >= 0.3 is 0 Å². The van der Waals surface area contributed by atoms with Gasteiger partial charge in [-0.05, 0) is 11.8 Å². The van der Waals surface area contributed by atoms with E-state index in [-0.39, 0.29) is 18.1 Å². The van der Waals surface area contributed by atoms with Crippen molar-refractivity contribution in [3.63, 3.8) is 0 Å². The Labute approximate surface area is 67.9 Å². The number of halogens is 1. The summed E-state index contributed by atoms with van der Waals surface area (Å²) in [6.45, 7) is 7.92. The molecule has 1 nitrogen and oxygen atoms in total. The van der Waals surface area contributed by atoms with Crippen molar-refractivity contribution in [2.24, 2.45) is 11.8 Å². The van der Waals surface area contributed by atoms with Crippen LogP contribution in [0.15, 0.2) is 0 Å². The summed E-state index contributed by atoms with van der Waals surface area (Å²) in [6, 6.07) is 0. The van der Waals surface area contributed by atoms with E-state index in [4.69, 9.17) is 4.74 Å². The minimum atomic E-state index is -0.776. The lowest BCUT2D eigenvalue weighted by atomic mass is 9.99. The summed E-state index contributed by atoms with van der Waals surface area (Å²) in [4.78, 5) is 0. The van der Waals surface area contributed by atoms with Gasteiger partial charge in [0, 0.05) is 0 Å². The molecule has 2 heteroatoms. The van der Waals surface area contributed by atoms with Crippen LogP contribution in [0, 0.1) is 11.8 Å². The zero-order valence-corrected chi connectivity index (χ0v) is 7.67. The molecule has 1 aliphatic rings. The van der Waals surface area contributed by atoms with Crippen molar-refractivity contribution in [2.75, 3.05) is 0 Å². The molecule has 1 saturated heterocycles. The third kappa shape index (κ3) is 1.92. The van der Waals surface area contributed by atoms with Crippen molar-refractivity contribution in [3.05, 3.63) is 0 Å². The fourth-order valence-electron chi connectivity index (χ4n) is 1.31. The van der Waals surface area contributed by atoms with Gasteiger partial charge in [-0.25, -0.2) is 4.39 Å². The average molecular weight is 160 g/mol. The van der Waals surface area contributed by atoms with E-state index >= 15 is 0 Å². The number of rotatable bonds is 3. The normalized spacial score (nSPS) is 33.0. The maximum Gasteiger partial charge on any atom is 0.131 e. The minimum Gasteiger partial charge on any atom is -0.366 e. The Bertz CT molecular complexity index is 134. The lowest BCUT2D eigenvalue weighted by Gasteiger charge is -2.08. The summed E-state index contributed by atoms with van der Waals surface area (Å²) in [6.07, 6.45) is -0.718. The zero-order valence-electron chi connectivity index (χ0n) is 7.67. The smallest absolute Gasteiger partial charge is 0.131 e. The second-order valence-corrected chi connectivity index (χ2v) is 4.00. The molecule has 0 aromatic rings. The zero-order chi connectivity index (χ0) is 8.59. The molecule has 66 valence electrons. The lowest BCUT2D eigenvalue weighted by Crippen LogP contribution is -2.19. The molecule has 1 rings (SSSR count). The molecule has 0 amide bonds. The van der Waals surface area contributed by atoms with Crippen LogP contribution in [-0.2, 0) is 4.74 Å². The Morgan fingerprint density at radius 3 is 1.91 bits per heavy atom. The van der Waals surface area contributed by atoms with Crippen molar-refractivity contribution in [2.45, 2.75) is 46.1 Å². The van der Waals surface area contributed by atoms with E-state index in [1.54, 1.807) is 0 Å². The monoisotopic (exact) mass is 160 g/mol. The van der Waals surface area contributed by atoms with Crippen LogP contribution in [-0.4, -0.2) is 18.4 Å². The molecule has 0 bridgehead atoms. The van der Waals surface area contributed by atoms with Gasteiger partial charge in [0.1, 0.15) is 12.3 Å². The van der Waals surface area contributed by atoms with E-state index in [1.807, 2.05) is 13.8 Å². The third-order valence-corrected chi connectivity index (χ3v) is 2.17. The number of alkyl halides is 1. The first-order valence-corrected chi connectivity index (χ1v) is 4.33. The second kappa shape index (κ2) is 3.10. The van der Waals surface area contributed by atoms with Crippen LogP contribution in [0.25, 0.3) is 0 Å². The van der Waals surface area contributed by atoms with Crippen molar-refractivity contribution in [3.8, 4) is 0 Å². The number of hydrogen-bond donors (Lipinski definition) is 0. The molecule has 1 heterocycles. The Hall–Kier alpha value is -0.110. The largest absolute Gasteiger partial charge is 0.366 e. The summed E-state index contributed by atoms with van der Waals surface area (Å²) in [5, 5.41) is 0. The summed E-state index contributed by atoms with van der Waals surface area (Å²) < 4.78 is 18.4. The molecule has 0 aromatic heterocycles. The molecule has 11 heavy (non-hydrogen) atoms. The highest BCUT2D eigenvalue weighted by Crippen LogP contribution is 2.35. The van der Waals surface area contributed by atoms with E-state index in [2.05, 4.69) is 13.8 Å². The third-order valence-electron chi connectivity index (χ3n) is 2.17. The van der Waals surface area contributed by atoms with E-state index in [0.717, 1.165) is 0 Å². The highest BCUT2D eigenvalue weighted by atomic mass is 19.1. The first-order chi connectivity index (χ1) is 5.04. The second-order valence-electron chi connectivity index (χ2n) is 4.00. The predicted molar refractivity (Wildman–Crippen MR) is 43.2 cm³/mol. The van der Waals surface area contributed by atoms with Gasteiger partial charge in [-0.3, -0.25) is 0 Å². The SMILES string of the molecule is CC(C)[C@@H](F)[C@H]1O[C@@H]1C(C)C. The highest BCUT2D eigenvalue weighted by Gasteiger charge is 2.47. The van der Waals surface area contributed by atoms with Crippen LogP contribution < -0.4 is 0 Å². The molecule has 0 aromatic carbocycles. The first-order valence-electron chi connectivity index (χ1n) is 4.33. The average Bonchev–Trinajstić information content (AvgIpc) is 2.63. The van der Waals surface area contributed by atoms with Gasteiger partial charge in [0.05, 0.1) is 6.10 Å². The van der Waals surface area contributed by atoms with Crippen LogP contribution in [0.2, 0.25) is 0 Å². The summed E-state index contributed by atoms with van der Waals surface area (Å²) in [7, 11) is 0. The summed E-state index contributed by atoms with van der Waals surface area (Å²) in [5.74, 6) is 0.542. The molecular weight excluding hydrogens is 143 g/mol. The standard InChI is InChI=1S/C9H17FO/c1-5(2)7(10)9-8(11-9)6(3)4/h5-9H,1-4H3/t7-,8-,9-/m1/s1. The van der Waals surface area contributed by atoms with Gasteiger partial charge in [-0.15, -0.1) is 0 Å². The van der Waals surface area contributed by atoms with E-state index in [1.165, 1.54) is 0 Å². The molecule has 0 spiro atoms. The molecule has 1 aliphatic heterocycles. The van der Waals surface area contributed by atoms with Crippen LogP contribution in [0.5, 0.6) is 0 Å². The van der Waals surface area contributed by atoms with E-state index in [0.29, 0.717) is 5.92 Å². The van der Waals surface area contributed by atoms with Gasteiger partial charge in [0.15, 0.2) is 0 Å². The van der Waals surface area contributed by atoms with Gasteiger partial charge in [0.25, 0.3) is 0 Å². The van der Waals surface area contributed by atoms with E-state index in [9.17, 15) is 4.39 Å². The number of ether oxygens (including phenoxy) is 1. The highest BCUT2D eigenvalue weighted by molar-refractivity contribution is 4.93. The van der Waals surface area contributed by atoms with Crippen molar-refractivity contribution >= 4 is 0 Å². The van der Waals surface area contributed by atoms with Crippen molar-refractivity contribution in [1.82, 2.24) is 0 Å². The minimum absolute atomic E-state index is 0.0868. The predicted octanol–water partition coefficient (Wildman–Crippen LogP) is 2.40. The Morgan fingerprint density at radius 2 is 1.64 bits per heavy atom. The van der Waals surface area contributed by atoms with Crippen LogP contribution in [0.1, 0.15) is 27.7 Å². The fraction of sp³-hybridized carbons (Fsp3) is 1.00. The number of hydrogen-bond acceptors (Lipinski definition) is 1. The van der Waals surface area contributed by atoms with Crippen molar-refractivity contribution < 1.29 is 9.13 Å². The molecule has 0 aliphatic carbocycles. The first kappa shape index (κ1) is 8.98. The van der Waals surface area contributed by atoms with Crippen LogP contribution >= 0.6 is 0 Å². The van der Waals surface area contributed by atoms with Gasteiger partial charge < -0.3 is 4.74 Å². The van der Waals surface area contributed by atoms with Crippen LogP contribution in [0.3, 0.4) is 0 Å². The Balaban J connectivity index is 2.31. The molecular formula is C9H17FO. The number of epoxide rings is 1. The molecule has 0 saturated carbocycles. The van der Waals surface area contributed by atoms with Crippen molar-refractivity contribution in [1.29, 1.82) is 0 Å². The summed E-state index contributed by atoms with van der Waals surface area (Å²) in [5.41, 5.74) is 0. The Morgan fingerprint density at radius 1 is 1.09 bits per heavy atom. The molecule has 0 unspecified atom stereocenters.